The van der Waals surface area contributed by atoms with Crippen molar-refractivity contribution < 1.29 is 12.8 Å². The zero-order valence-corrected chi connectivity index (χ0v) is 12.3. The van der Waals surface area contributed by atoms with E-state index in [2.05, 4.69) is 25.6 Å². The monoisotopic (exact) mass is 344 g/mol. The Morgan fingerprint density at radius 1 is 1.26 bits per heavy atom. The van der Waals surface area contributed by atoms with E-state index in [4.69, 9.17) is 0 Å². The number of rotatable bonds is 3. The van der Waals surface area contributed by atoms with Crippen LogP contribution in [0, 0.1) is 12.7 Å². The standard InChI is InChI=1S/C12H10BrFN2O2S/c1-8-6-10(4-5-15-8)16-19(17,18)12-3-2-9(13)7-11(12)14/h2-7H,1H3,(H,15,16). The Labute approximate surface area is 118 Å². The zero-order chi connectivity index (χ0) is 14.0. The van der Waals surface area contributed by atoms with Gasteiger partial charge in [0.2, 0.25) is 0 Å². The van der Waals surface area contributed by atoms with E-state index < -0.39 is 20.7 Å². The number of hydrogen-bond donors (Lipinski definition) is 1. The fourth-order valence-electron chi connectivity index (χ4n) is 1.51. The molecule has 19 heavy (non-hydrogen) atoms. The largest absolute Gasteiger partial charge is 0.279 e. The Bertz CT molecular complexity index is 719. The van der Waals surface area contributed by atoms with E-state index in [9.17, 15) is 12.8 Å². The Kier molecular flexibility index (Phi) is 3.86. The maximum absolute atomic E-state index is 13.7. The predicted octanol–water partition coefficient (Wildman–Crippen LogP) is 3.09. The van der Waals surface area contributed by atoms with Gasteiger partial charge in [-0.1, -0.05) is 15.9 Å². The fraction of sp³-hybridized carbons (Fsp3) is 0.0833. The average molecular weight is 345 g/mol. The van der Waals surface area contributed by atoms with Crippen LogP contribution in [0.3, 0.4) is 0 Å². The number of aromatic nitrogens is 1. The molecule has 1 N–H and O–H groups in total. The SMILES string of the molecule is Cc1cc(NS(=O)(=O)c2ccc(Br)cc2F)ccn1. The molecule has 0 spiro atoms. The number of pyridine rings is 1. The highest BCUT2D eigenvalue weighted by atomic mass is 79.9. The highest BCUT2D eigenvalue weighted by Crippen LogP contribution is 2.22. The minimum atomic E-state index is -3.95. The number of halogens is 2. The smallest absolute Gasteiger partial charge is 0.264 e. The van der Waals surface area contributed by atoms with Crippen LogP contribution in [0.25, 0.3) is 0 Å². The minimum absolute atomic E-state index is 0.342. The van der Waals surface area contributed by atoms with Crippen LogP contribution in [-0.2, 0) is 10.0 Å². The van der Waals surface area contributed by atoms with Gasteiger partial charge in [0, 0.05) is 16.4 Å². The van der Waals surface area contributed by atoms with Gasteiger partial charge in [0.05, 0.1) is 5.69 Å². The van der Waals surface area contributed by atoms with Crippen molar-refractivity contribution in [1.29, 1.82) is 0 Å². The molecule has 1 heterocycles. The lowest BCUT2D eigenvalue weighted by Crippen LogP contribution is -2.14. The van der Waals surface area contributed by atoms with E-state index in [1.807, 2.05) is 0 Å². The van der Waals surface area contributed by atoms with Crippen molar-refractivity contribution in [2.45, 2.75) is 11.8 Å². The predicted molar refractivity (Wildman–Crippen MR) is 73.9 cm³/mol. The lowest BCUT2D eigenvalue weighted by Gasteiger charge is -2.09. The first-order valence-corrected chi connectivity index (χ1v) is 7.56. The Hall–Kier alpha value is -1.47. The molecule has 0 fully saturated rings. The molecule has 0 aliphatic rings. The van der Waals surface area contributed by atoms with Gasteiger partial charge in [0.1, 0.15) is 10.7 Å². The van der Waals surface area contributed by atoms with Crippen molar-refractivity contribution in [3.63, 3.8) is 0 Å². The summed E-state index contributed by atoms with van der Waals surface area (Å²) in [6.07, 6.45) is 1.48. The number of anilines is 1. The van der Waals surface area contributed by atoms with Crippen LogP contribution < -0.4 is 4.72 Å². The third-order valence-electron chi connectivity index (χ3n) is 2.33. The van der Waals surface area contributed by atoms with Gasteiger partial charge in [0.25, 0.3) is 10.0 Å². The van der Waals surface area contributed by atoms with Crippen molar-refractivity contribution in [3.8, 4) is 0 Å². The number of nitrogens with one attached hydrogen (secondary N) is 1. The van der Waals surface area contributed by atoms with Crippen molar-refractivity contribution in [2.24, 2.45) is 0 Å². The first kappa shape index (κ1) is 14.0. The Balaban J connectivity index is 2.38. The summed E-state index contributed by atoms with van der Waals surface area (Å²) < 4.78 is 40.6. The first-order chi connectivity index (χ1) is 8.88. The maximum atomic E-state index is 13.7. The lowest BCUT2D eigenvalue weighted by molar-refractivity contribution is 0.570. The highest BCUT2D eigenvalue weighted by molar-refractivity contribution is 9.10. The molecule has 7 heteroatoms. The van der Waals surface area contributed by atoms with Gasteiger partial charge in [-0.25, -0.2) is 12.8 Å². The maximum Gasteiger partial charge on any atom is 0.264 e. The van der Waals surface area contributed by atoms with Crippen LogP contribution in [0.2, 0.25) is 0 Å². The average Bonchev–Trinajstić information content (AvgIpc) is 2.27. The molecule has 0 unspecified atom stereocenters. The van der Waals surface area contributed by atoms with Gasteiger partial charge in [0.15, 0.2) is 0 Å². The van der Waals surface area contributed by atoms with Crippen molar-refractivity contribution in [2.75, 3.05) is 4.72 Å². The second kappa shape index (κ2) is 5.26. The Morgan fingerprint density at radius 2 is 2.00 bits per heavy atom. The van der Waals surface area contributed by atoms with Gasteiger partial charge in [-0.05, 0) is 37.3 Å². The molecule has 2 rings (SSSR count). The Morgan fingerprint density at radius 3 is 2.63 bits per heavy atom. The van der Waals surface area contributed by atoms with E-state index in [0.29, 0.717) is 15.9 Å². The number of nitrogens with zero attached hydrogens (tertiary/aromatic N) is 1. The third kappa shape index (κ3) is 3.30. The summed E-state index contributed by atoms with van der Waals surface area (Å²) in [5.41, 5.74) is 1.01. The minimum Gasteiger partial charge on any atom is -0.279 e. The van der Waals surface area contributed by atoms with E-state index in [-0.39, 0.29) is 0 Å². The number of benzene rings is 1. The molecule has 0 atom stereocenters. The second-order valence-electron chi connectivity index (χ2n) is 3.87. The van der Waals surface area contributed by atoms with E-state index in [1.54, 1.807) is 13.0 Å². The second-order valence-corrected chi connectivity index (χ2v) is 6.43. The molecular weight excluding hydrogens is 335 g/mol. The zero-order valence-electron chi connectivity index (χ0n) is 9.89. The summed E-state index contributed by atoms with van der Waals surface area (Å²) in [6.45, 7) is 1.73. The molecule has 2 aromatic rings. The number of sulfonamides is 1. The summed E-state index contributed by atoms with van der Waals surface area (Å²) in [5.74, 6) is -0.812. The van der Waals surface area contributed by atoms with Crippen LogP contribution in [0.5, 0.6) is 0 Å². The van der Waals surface area contributed by atoms with Crippen LogP contribution in [-0.4, -0.2) is 13.4 Å². The highest BCUT2D eigenvalue weighted by Gasteiger charge is 2.19. The summed E-state index contributed by atoms with van der Waals surface area (Å²) in [4.78, 5) is 3.56. The molecule has 100 valence electrons. The van der Waals surface area contributed by atoms with Gasteiger partial charge in [-0.15, -0.1) is 0 Å². The summed E-state index contributed by atoms with van der Waals surface area (Å²) in [6, 6.07) is 6.84. The molecule has 0 bridgehead atoms. The topological polar surface area (TPSA) is 59.1 Å². The van der Waals surface area contributed by atoms with Gasteiger partial charge in [-0.3, -0.25) is 9.71 Å². The van der Waals surface area contributed by atoms with Crippen molar-refractivity contribution in [1.82, 2.24) is 4.98 Å². The fourth-order valence-corrected chi connectivity index (χ4v) is 2.96. The number of aryl methyl sites for hydroxylation is 1. The van der Waals surface area contributed by atoms with Crippen molar-refractivity contribution >= 4 is 31.6 Å². The quantitative estimate of drug-likeness (QED) is 0.930. The van der Waals surface area contributed by atoms with E-state index >= 15 is 0 Å². The van der Waals surface area contributed by atoms with E-state index in [0.717, 1.165) is 6.07 Å². The molecule has 0 aliphatic carbocycles. The summed E-state index contributed by atoms with van der Waals surface area (Å²) in [5, 5.41) is 0. The normalized spacial score (nSPS) is 11.3. The molecule has 1 aromatic carbocycles. The molecular formula is C12H10BrFN2O2S. The van der Waals surface area contributed by atoms with Crippen LogP contribution >= 0.6 is 15.9 Å². The van der Waals surface area contributed by atoms with Crippen molar-refractivity contribution in [3.05, 3.63) is 52.5 Å². The molecule has 0 radical (unpaired) electrons. The molecule has 0 saturated heterocycles. The van der Waals surface area contributed by atoms with Crippen LogP contribution in [0.1, 0.15) is 5.69 Å². The van der Waals surface area contributed by atoms with Crippen LogP contribution in [0.4, 0.5) is 10.1 Å². The van der Waals surface area contributed by atoms with E-state index in [1.165, 1.54) is 24.4 Å². The number of hydrogen-bond acceptors (Lipinski definition) is 3. The third-order valence-corrected chi connectivity index (χ3v) is 4.24. The van der Waals surface area contributed by atoms with Gasteiger partial charge in [-0.2, -0.15) is 0 Å². The van der Waals surface area contributed by atoms with Gasteiger partial charge >= 0.3 is 0 Å². The molecule has 0 amide bonds. The molecule has 1 aromatic heterocycles. The first-order valence-electron chi connectivity index (χ1n) is 5.29. The van der Waals surface area contributed by atoms with Crippen LogP contribution in [0.15, 0.2) is 45.9 Å². The molecule has 0 aliphatic heterocycles. The van der Waals surface area contributed by atoms with Gasteiger partial charge < -0.3 is 0 Å². The molecule has 0 saturated carbocycles. The molecule has 4 nitrogen and oxygen atoms in total. The summed E-state index contributed by atoms with van der Waals surface area (Å²) in [7, 11) is -3.95. The lowest BCUT2D eigenvalue weighted by atomic mass is 10.3. The summed E-state index contributed by atoms with van der Waals surface area (Å²) >= 11 is 3.08.